The van der Waals surface area contributed by atoms with Crippen LogP contribution in [0.3, 0.4) is 0 Å². The quantitative estimate of drug-likeness (QED) is 0.398. The van der Waals surface area contributed by atoms with Gasteiger partial charge in [-0.05, 0) is 64.0 Å². The van der Waals surface area contributed by atoms with Gasteiger partial charge in [0.05, 0.1) is 6.17 Å². The number of hydrogen-bond donors (Lipinski definition) is 6. The topological polar surface area (TPSA) is 103 Å². The van der Waals surface area contributed by atoms with E-state index in [9.17, 15) is 4.79 Å². The molecule has 6 atom stereocenters. The Bertz CT molecular complexity index is 393. The first kappa shape index (κ1) is 19.4. The van der Waals surface area contributed by atoms with Crippen LogP contribution in [0.4, 0.5) is 4.79 Å². The third-order valence-electron chi connectivity index (χ3n) is 5.39. The molecule has 2 fully saturated rings. The number of hydrogen-bond acceptors (Lipinski definition) is 5. The van der Waals surface area contributed by atoms with E-state index in [2.05, 4.69) is 47.4 Å². The molecule has 1 saturated carbocycles. The standard InChI is InChI=1S/C17H36N6O/c1-11-5-6-14(9-12(11)2)21-17(24)23-16-20-13(3)10-15(22-16)19-8-4-7-18/h11-16,19-20,22H,4-10,18H2,1-3H3,(H2,21,23,24). The van der Waals surface area contributed by atoms with Crippen molar-refractivity contribution in [3.8, 4) is 0 Å². The molecular formula is C17H36N6O. The van der Waals surface area contributed by atoms with Gasteiger partial charge in [0.25, 0.3) is 0 Å². The van der Waals surface area contributed by atoms with Crippen LogP contribution in [0.25, 0.3) is 0 Å². The number of carbonyl (C=O) groups excluding carboxylic acids is 1. The van der Waals surface area contributed by atoms with Crippen LogP contribution < -0.4 is 32.3 Å². The van der Waals surface area contributed by atoms with Crippen molar-refractivity contribution in [2.24, 2.45) is 17.6 Å². The maximum Gasteiger partial charge on any atom is 0.317 e. The molecule has 6 unspecified atom stereocenters. The summed E-state index contributed by atoms with van der Waals surface area (Å²) in [7, 11) is 0. The largest absolute Gasteiger partial charge is 0.335 e. The summed E-state index contributed by atoms with van der Waals surface area (Å²) in [5, 5.41) is 16.3. The van der Waals surface area contributed by atoms with Crippen LogP contribution in [0, 0.1) is 11.8 Å². The average Bonchev–Trinajstić information content (AvgIpc) is 2.50. The van der Waals surface area contributed by atoms with Crippen LogP contribution in [0.1, 0.15) is 52.9 Å². The molecule has 2 rings (SSSR count). The molecule has 2 amide bonds. The van der Waals surface area contributed by atoms with Crippen molar-refractivity contribution in [1.29, 1.82) is 0 Å². The normalized spacial score (nSPS) is 37.0. The van der Waals surface area contributed by atoms with Gasteiger partial charge in [0.1, 0.15) is 6.29 Å². The molecule has 24 heavy (non-hydrogen) atoms. The monoisotopic (exact) mass is 340 g/mol. The summed E-state index contributed by atoms with van der Waals surface area (Å²) in [6.45, 7) is 8.29. The maximum absolute atomic E-state index is 12.3. The molecule has 7 N–H and O–H groups in total. The Labute approximate surface area is 146 Å². The van der Waals surface area contributed by atoms with E-state index in [0.29, 0.717) is 18.5 Å². The van der Waals surface area contributed by atoms with Gasteiger partial charge in [-0.15, -0.1) is 0 Å². The van der Waals surface area contributed by atoms with Crippen molar-refractivity contribution >= 4 is 6.03 Å². The Morgan fingerprint density at radius 1 is 1.08 bits per heavy atom. The lowest BCUT2D eigenvalue weighted by molar-refractivity contribution is 0.178. The molecule has 0 aromatic rings. The van der Waals surface area contributed by atoms with Gasteiger partial charge >= 0.3 is 6.03 Å². The molecule has 0 aromatic carbocycles. The highest BCUT2D eigenvalue weighted by atomic mass is 16.2. The summed E-state index contributed by atoms with van der Waals surface area (Å²) in [6.07, 6.45) is 5.23. The van der Waals surface area contributed by atoms with Crippen LogP contribution in [0.15, 0.2) is 0 Å². The van der Waals surface area contributed by atoms with Crippen molar-refractivity contribution < 1.29 is 4.79 Å². The number of rotatable bonds is 6. The molecular weight excluding hydrogens is 304 g/mol. The predicted octanol–water partition coefficient (Wildman–Crippen LogP) is 0.630. The fourth-order valence-electron chi connectivity index (χ4n) is 3.66. The van der Waals surface area contributed by atoms with Crippen molar-refractivity contribution in [1.82, 2.24) is 26.6 Å². The SMILES string of the molecule is CC1CC(NCCCN)NC(NC(=O)NC2CCC(C)C(C)C2)N1. The lowest BCUT2D eigenvalue weighted by Gasteiger charge is -2.37. The molecule has 0 bridgehead atoms. The Morgan fingerprint density at radius 3 is 2.58 bits per heavy atom. The molecule has 7 nitrogen and oxygen atoms in total. The third kappa shape index (κ3) is 6.20. The lowest BCUT2D eigenvalue weighted by atomic mass is 9.79. The number of carbonyl (C=O) groups is 1. The molecule has 1 aliphatic heterocycles. The third-order valence-corrected chi connectivity index (χ3v) is 5.39. The van der Waals surface area contributed by atoms with Crippen molar-refractivity contribution in [2.75, 3.05) is 13.1 Å². The Hall–Kier alpha value is -0.890. The molecule has 1 aliphatic carbocycles. The van der Waals surface area contributed by atoms with Crippen LogP contribution in [0.5, 0.6) is 0 Å². The van der Waals surface area contributed by atoms with E-state index in [1.807, 2.05) is 0 Å². The Morgan fingerprint density at radius 2 is 1.88 bits per heavy atom. The van der Waals surface area contributed by atoms with Gasteiger partial charge in [-0.25, -0.2) is 4.79 Å². The van der Waals surface area contributed by atoms with Gasteiger partial charge in [-0.2, -0.15) is 0 Å². The first-order valence-electron chi connectivity index (χ1n) is 9.50. The molecule has 2 aliphatic rings. The smallest absolute Gasteiger partial charge is 0.317 e. The number of nitrogens with one attached hydrogen (secondary N) is 5. The second-order valence-electron chi connectivity index (χ2n) is 7.63. The van der Waals surface area contributed by atoms with E-state index < -0.39 is 0 Å². The number of amides is 2. The summed E-state index contributed by atoms with van der Waals surface area (Å²) in [5.41, 5.74) is 5.53. The highest BCUT2D eigenvalue weighted by molar-refractivity contribution is 5.74. The maximum atomic E-state index is 12.3. The zero-order valence-corrected chi connectivity index (χ0v) is 15.4. The van der Waals surface area contributed by atoms with Crippen molar-refractivity contribution in [3.63, 3.8) is 0 Å². The van der Waals surface area contributed by atoms with Crippen LogP contribution >= 0.6 is 0 Å². The van der Waals surface area contributed by atoms with Crippen molar-refractivity contribution in [2.45, 2.75) is 77.4 Å². The Kier molecular flexibility index (Phi) is 7.74. The number of nitrogens with two attached hydrogens (primary N) is 1. The van der Waals surface area contributed by atoms with Gasteiger partial charge in [0.2, 0.25) is 0 Å². The summed E-state index contributed by atoms with van der Waals surface area (Å²) in [5.74, 6) is 1.43. The minimum Gasteiger partial charge on any atom is -0.335 e. The minimum atomic E-state index is -0.218. The van der Waals surface area contributed by atoms with E-state index >= 15 is 0 Å². The van der Waals surface area contributed by atoms with E-state index in [4.69, 9.17) is 5.73 Å². The zero-order valence-electron chi connectivity index (χ0n) is 15.4. The fourth-order valence-corrected chi connectivity index (χ4v) is 3.66. The van der Waals surface area contributed by atoms with E-state index in [1.54, 1.807) is 0 Å². The zero-order chi connectivity index (χ0) is 17.5. The predicted molar refractivity (Wildman–Crippen MR) is 97.2 cm³/mol. The van der Waals surface area contributed by atoms with E-state index in [1.165, 1.54) is 6.42 Å². The van der Waals surface area contributed by atoms with Gasteiger partial charge in [0.15, 0.2) is 0 Å². The molecule has 7 heteroatoms. The molecule has 0 aromatic heterocycles. The van der Waals surface area contributed by atoms with Gasteiger partial charge < -0.3 is 21.7 Å². The van der Waals surface area contributed by atoms with Crippen LogP contribution in [-0.2, 0) is 0 Å². The molecule has 1 saturated heterocycles. The lowest BCUT2D eigenvalue weighted by Crippen LogP contribution is -2.68. The van der Waals surface area contributed by atoms with Crippen LogP contribution in [0.2, 0.25) is 0 Å². The Balaban J connectivity index is 1.73. The first-order valence-corrected chi connectivity index (χ1v) is 9.50. The summed E-state index contributed by atoms with van der Waals surface area (Å²) in [4.78, 5) is 12.3. The van der Waals surface area contributed by atoms with Gasteiger partial charge in [0, 0.05) is 12.1 Å². The highest BCUT2D eigenvalue weighted by Crippen LogP contribution is 2.29. The molecule has 1 heterocycles. The van der Waals surface area contributed by atoms with Gasteiger partial charge in [-0.3, -0.25) is 10.6 Å². The minimum absolute atomic E-state index is 0.0958. The van der Waals surface area contributed by atoms with E-state index in [-0.39, 0.29) is 24.5 Å². The second kappa shape index (κ2) is 9.56. The average molecular weight is 341 g/mol. The second-order valence-corrected chi connectivity index (χ2v) is 7.63. The summed E-state index contributed by atoms with van der Waals surface area (Å²) in [6, 6.07) is 0.528. The summed E-state index contributed by atoms with van der Waals surface area (Å²) >= 11 is 0. The van der Waals surface area contributed by atoms with E-state index in [0.717, 1.165) is 38.1 Å². The molecule has 140 valence electrons. The molecule has 0 spiro atoms. The van der Waals surface area contributed by atoms with Gasteiger partial charge in [-0.1, -0.05) is 13.8 Å². The fraction of sp³-hybridized carbons (Fsp3) is 0.941. The van der Waals surface area contributed by atoms with Crippen LogP contribution in [-0.4, -0.2) is 43.7 Å². The number of urea groups is 1. The van der Waals surface area contributed by atoms with Crippen molar-refractivity contribution in [3.05, 3.63) is 0 Å². The first-order chi connectivity index (χ1) is 11.5. The highest BCUT2D eigenvalue weighted by Gasteiger charge is 2.28. The molecule has 0 radical (unpaired) electrons. The summed E-state index contributed by atoms with van der Waals surface area (Å²) < 4.78 is 0.